The number of nitrogens with one attached hydrogen (secondary N) is 2. The first-order valence-corrected chi connectivity index (χ1v) is 10.6. The number of sulfonamides is 1. The number of nitro groups is 1. The summed E-state index contributed by atoms with van der Waals surface area (Å²) in [6.07, 6.45) is 0. The quantitative estimate of drug-likeness (QED) is 0.405. The molecule has 3 aromatic rings. The first kappa shape index (κ1) is 21.8. The number of aryl methyl sites for hydroxylation is 1. The lowest BCUT2D eigenvalue weighted by molar-refractivity contribution is -0.384. The molecule has 3 rings (SSSR count). The zero-order valence-corrected chi connectivity index (χ0v) is 17.3. The van der Waals surface area contributed by atoms with Crippen LogP contribution in [-0.4, -0.2) is 25.9 Å². The van der Waals surface area contributed by atoms with E-state index in [2.05, 4.69) is 10.0 Å². The lowest BCUT2D eigenvalue weighted by Crippen LogP contribution is -2.20. The molecule has 0 saturated heterocycles. The minimum Gasteiger partial charge on any atom is -0.483 e. The lowest BCUT2D eigenvalue weighted by Gasteiger charge is -2.12. The maximum atomic E-state index is 12.5. The number of nitro benzene ring substituents is 1. The number of hydrogen-bond acceptors (Lipinski definition) is 6. The average Bonchev–Trinajstić information content (AvgIpc) is 2.73. The van der Waals surface area contributed by atoms with Crippen molar-refractivity contribution in [3.8, 4) is 5.75 Å². The number of hydrogen-bond donors (Lipinski definition) is 2. The maximum Gasteiger partial charge on any atom is 0.271 e. The molecule has 2 N–H and O–H groups in total. The Balaban J connectivity index is 1.63. The van der Waals surface area contributed by atoms with Gasteiger partial charge in [0.15, 0.2) is 6.61 Å². The molecular weight excluding hydrogens is 422 g/mol. The van der Waals surface area contributed by atoms with E-state index in [1.54, 1.807) is 37.3 Å². The Hall–Kier alpha value is -3.92. The number of ether oxygens (including phenoxy) is 1. The minimum absolute atomic E-state index is 0.0576. The van der Waals surface area contributed by atoms with Gasteiger partial charge in [-0.15, -0.1) is 0 Å². The summed E-state index contributed by atoms with van der Waals surface area (Å²) < 4.78 is 33.1. The molecule has 0 fully saturated rings. The van der Waals surface area contributed by atoms with Gasteiger partial charge in [0.25, 0.3) is 21.6 Å². The molecule has 3 aromatic carbocycles. The van der Waals surface area contributed by atoms with Crippen molar-refractivity contribution >= 4 is 33.0 Å². The second-order valence-electron chi connectivity index (χ2n) is 6.54. The third-order valence-corrected chi connectivity index (χ3v) is 5.56. The summed E-state index contributed by atoms with van der Waals surface area (Å²) in [7, 11) is -3.78. The fourth-order valence-electron chi connectivity index (χ4n) is 2.71. The molecule has 0 atom stereocenters. The van der Waals surface area contributed by atoms with Gasteiger partial charge in [-0.2, -0.15) is 0 Å². The molecule has 1 amide bonds. The molecule has 0 saturated carbocycles. The van der Waals surface area contributed by atoms with Crippen LogP contribution in [0.15, 0.2) is 77.7 Å². The van der Waals surface area contributed by atoms with Crippen LogP contribution in [0.25, 0.3) is 0 Å². The van der Waals surface area contributed by atoms with E-state index in [9.17, 15) is 23.3 Å². The third kappa shape index (κ3) is 5.80. The molecule has 160 valence electrons. The predicted molar refractivity (Wildman–Crippen MR) is 116 cm³/mol. The number of carbonyl (C=O) groups is 1. The number of nitrogens with zero attached hydrogens (tertiary/aromatic N) is 1. The molecule has 0 aliphatic rings. The number of para-hydroxylation sites is 1. The number of amides is 1. The Morgan fingerprint density at radius 2 is 1.71 bits per heavy atom. The summed E-state index contributed by atoms with van der Waals surface area (Å²) in [5.74, 6) is -0.171. The van der Waals surface area contributed by atoms with E-state index in [0.29, 0.717) is 17.0 Å². The molecule has 0 unspecified atom stereocenters. The van der Waals surface area contributed by atoms with Crippen LogP contribution in [0.4, 0.5) is 17.1 Å². The highest BCUT2D eigenvalue weighted by molar-refractivity contribution is 7.92. The van der Waals surface area contributed by atoms with E-state index >= 15 is 0 Å². The maximum absolute atomic E-state index is 12.5. The Bertz CT molecular complexity index is 1210. The highest BCUT2D eigenvalue weighted by Gasteiger charge is 2.16. The van der Waals surface area contributed by atoms with Gasteiger partial charge < -0.3 is 10.1 Å². The minimum atomic E-state index is -3.78. The van der Waals surface area contributed by atoms with Gasteiger partial charge in [-0.05, 0) is 48.9 Å². The van der Waals surface area contributed by atoms with Crippen molar-refractivity contribution in [3.05, 3.63) is 88.5 Å². The highest BCUT2D eigenvalue weighted by atomic mass is 32.2. The number of benzene rings is 3. The van der Waals surface area contributed by atoms with Gasteiger partial charge in [0.05, 0.1) is 9.82 Å². The number of non-ortho nitro benzene ring substituents is 1. The van der Waals surface area contributed by atoms with Crippen LogP contribution in [0.2, 0.25) is 0 Å². The molecule has 0 heterocycles. The van der Waals surface area contributed by atoms with Crippen LogP contribution in [-0.2, 0) is 14.8 Å². The Morgan fingerprint density at radius 3 is 2.39 bits per heavy atom. The standard InChI is InChI=1S/C21H19N3O6S/c1-15-12-19(31(28,29)23-16-6-3-2-4-7-16)10-11-20(15)30-14-21(25)22-17-8-5-9-18(13-17)24(26)27/h2-13,23H,14H2,1H3,(H,22,25). The van der Waals surface area contributed by atoms with Crippen molar-refractivity contribution in [1.82, 2.24) is 0 Å². The van der Waals surface area contributed by atoms with Gasteiger partial charge in [-0.25, -0.2) is 8.42 Å². The van der Waals surface area contributed by atoms with Gasteiger partial charge in [0.1, 0.15) is 5.75 Å². The summed E-state index contributed by atoms with van der Waals surface area (Å²) in [4.78, 5) is 22.4. The van der Waals surface area contributed by atoms with Crippen LogP contribution in [0.3, 0.4) is 0 Å². The van der Waals surface area contributed by atoms with Gasteiger partial charge in [0.2, 0.25) is 0 Å². The zero-order chi connectivity index (χ0) is 22.4. The van der Waals surface area contributed by atoms with Crippen LogP contribution >= 0.6 is 0 Å². The van der Waals surface area contributed by atoms with E-state index < -0.39 is 20.9 Å². The average molecular weight is 441 g/mol. The normalized spacial score (nSPS) is 10.9. The monoisotopic (exact) mass is 441 g/mol. The molecule has 0 spiro atoms. The van der Waals surface area contributed by atoms with E-state index in [0.717, 1.165) is 0 Å². The van der Waals surface area contributed by atoms with Crippen molar-refractivity contribution < 1.29 is 22.9 Å². The van der Waals surface area contributed by atoms with E-state index in [1.807, 2.05) is 0 Å². The predicted octanol–water partition coefficient (Wildman–Crippen LogP) is 3.72. The summed E-state index contributed by atoms with van der Waals surface area (Å²) in [6.45, 7) is 1.31. The van der Waals surface area contributed by atoms with Crippen molar-refractivity contribution in [1.29, 1.82) is 0 Å². The van der Waals surface area contributed by atoms with E-state index in [1.165, 1.54) is 42.5 Å². The van der Waals surface area contributed by atoms with Crippen molar-refractivity contribution in [3.63, 3.8) is 0 Å². The first-order chi connectivity index (χ1) is 14.7. The summed E-state index contributed by atoms with van der Waals surface area (Å²) in [5.41, 5.74) is 1.10. The smallest absolute Gasteiger partial charge is 0.271 e. The van der Waals surface area contributed by atoms with Gasteiger partial charge in [0, 0.05) is 23.5 Å². The number of rotatable bonds is 8. The molecule has 0 radical (unpaired) electrons. The van der Waals surface area contributed by atoms with E-state index in [-0.39, 0.29) is 22.9 Å². The molecule has 0 bridgehead atoms. The van der Waals surface area contributed by atoms with Gasteiger partial charge in [-0.3, -0.25) is 19.6 Å². The van der Waals surface area contributed by atoms with Crippen LogP contribution < -0.4 is 14.8 Å². The number of carbonyl (C=O) groups excluding carboxylic acids is 1. The van der Waals surface area contributed by atoms with Crippen LogP contribution in [0, 0.1) is 17.0 Å². The molecule has 0 aromatic heterocycles. The second kappa shape index (κ2) is 9.26. The fraction of sp³-hybridized carbons (Fsp3) is 0.0952. The molecule has 0 aliphatic carbocycles. The molecule has 0 aliphatic heterocycles. The molecule has 9 nitrogen and oxygen atoms in total. The van der Waals surface area contributed by atoms with Crippen molar-refractivity contribution in [2.75, 3.05) is 16.6 Å². The zero-order valence-electron chi connectivity index (χ0n) is 16.4. The SMILES string of the molecule is Cc1cc(S(=O)(=O)Nc2ccccc2)ccc1OCC(=O)Nc1cccc([N+](=O)[O-])c1. The molecule has 31 heavy (non-hydrogen) atoms. The molecular formula is C21H19N3O6S. The van der Waals surface area contributed by atoms with Crippen LogP contribution in [0.1, 0.15) is 5.56 Å². The Morgan fingerprint density at radius 1 is 1.00 bits per heavy atom. The lowest BCUT2D eigenvalue weighted by atomic mass is 10.2. The fourth-order valence-corrected chi connectivity index (χ4v) is 3.85. The second-order valence-corrected chi connectivity index (χ2v) is 8.23. The van der Waals surface area contributed by atoms with Crippen molar-refractivity contribution in [2.24, 2.45) is 0 Å². The summed E-state index contributed by atoms with van der Waals surface area (Å²) in [5, 5.41) is 13.3. The largest absolute Gasteiger partial charge is 0.483 e. The van der Waals surface area contributed by atoms with Gasteiger partial charge >= 0.3 is 0 Å². The third-order valence-electron chi connectivity index (χ3n) is 4.18. The van der Waals surface area contributed by atoms with Crippen LogP contribution in [0.5, 0.6) is 5.75 Å². The van der Waals surface area contributed by atoms with Gasteiger partial charge in [-0.1, -0.05) is 24.3 Å². The Labute approximate surface area is 178 Å². The molecule has 10 heteroatoms. The summed E-state index contributed by atoms with van der Waals surface area (Å²) in [6, 6.07) is 18.3. The highest BCUT2D eigenvalue weighted by Crippen LogP contribution is 2.24. The van der Waals surface area contributed by atoms with Crippen molar-refractivity contribution in [2.45, 2.75) is 11.8 Å². The van der Waals surface area contributed by atoms with E-state index in [4.69, 9.17) is 4.74 Å². The Kier molecular flexibility index (Phi) is 6.51. The summed E-state index contributed by atoms with van der Waals surface area (Å²) >= 11 is 0. The topological polar surface area (TPSA) is 128 Å². The first-order valence-electron chi connectivity index (χ1n) is 9.10. The number of anilines is 2.